The summed E-state index contributed by atoms with van der Waals surface area (Å²) in [6.45, 7) is 2.88. The molecule has 0 heterocycles. The van der Waals surface area contributed by atoms with E-state index in [2.05, 4.69) is 0 Å². The molecule has 0 saturated heterocycles. The summed E-state index contributed by atoms with van der Waals surface area (Å²) in [4.78, 5) is 0. The van der Waals surface area contributed by atoms with E-state index in [9.17, 15) is 5.11 Å². The first kappa shape index (κ1) is 11.0. The van der Waals surface area contributed by atoms with Gasteiger partial charge in [-0.3, -0.25) is 0 Å². The maximum Gasteiger partial charge on any atom is 0.221 e. The minimum absolute atomic E-state index is 0.211. The van der Waals surface area contributed by atoms with Gasteiger partial charge in [0.1, 0.15) is 12.4 Å². The zero-order chi connectivity index (χ0) is 10.2. The summed E-state index contributed by atoms with van der Waals surface area (Å²) in [5, 5.41) is 9.38. The Kier molecular flexibility index (Phi) is 5.04. The van der Waals surface area contributed by atoms with Crippen LogP contribution in [0, 0.1) is 0 Å². The van der Waals surface area contributed by atoms with Crippen molar-refractivity contribution < 1.29 is 14.6 Å². The minimum Gasteiger partial charge on any atom is -0.463 e. The van der Waals surface area contributed by atoms with Gasteiger partial charge in [0.2, 0.25) is 6.29 Å². The van der Waals surface area contributed by atoms with E-state index in [0.29, 0.717) is 12.4 Å². The lowest BCUT2D eigenvalue weighted by Crippen LogP contribution is -2.22. The Morgan fingerprint density at radius 3 is 2.64 bits per heavy atom. The number of benzene rings is 1. The van der Waals surface area contributed by atoms with Crippen LogP contribution >= 0.6 is 0 Å². The van der Waals surface area contributed by atoms with Crippen molar-refractivity contribution in [1.29, 1.82) is 0 Å². The van der Waals surface area contributed by atoms with Crippen LogP contribution in [0.3, 0.4) is 0 Å². The Balaban J connectivity index is 2.23. The highest BCUT2D eigenvalue weighted by atomic mass is 16.6. The van der Waals surface area contributed by atoms with Gasteiger partial charge in [-0.25, -0.2) is 0 Å². The van der Waals surface area contributed by atoms with Crippen molar-refractivity contribution in [2.75, 3.05) is 13.2 Å². The van der Waals surface area contributed by atoms with Crippen molar-refractivity contribution in [3.8, 4) is 5.75 Å². The van der Waals surface area contributed by atoms with E-state index in [0.717, 1.165) is 6.42 Å². The van der Waals surface area contributed by atoms with Crippen LogP contribution in [0.15, 0.2) is 30.3 Å². The second kappa shape index (κ2) is 6.40. The number of ether oxygens (including phenoxy) is 2. The zero-order valence-corrected chi connectivity index (χ0v) is 8.35. The third kappa shape index (κ3) is 4.25. The fraction of sp³-hybridized carbons (Fsp3) is 0.455. The molecular weight excluding hydrogens is 180 g/mol. The molecule has 1 rings (SSSR count). The standard InChI is InChI=1S/C11H16O3/c1-2-8-13-9-11(12)14-10-6-4-3-5-7-10/h3-7,11-12H,2,8-9H2,1H3. The number of rotatable bonds is 6. The predicted octanol–water partition coefficient (Wildman–Crippen LogP) is 1.81. The number of para-hydroxylation sites is 1. The molecule has 0 aliphatic rings. The Morgan fingerprint density at radius 1 is 1.29 bits per heavy atom. The van der Waals surface area contributed by atoms with Crippen molar-refractivity contribution in [2.24, 2.45) is 0 Å². The van der Waals surface area contributed by atoms with Crippen LogP contribution in [-0.4, -0.2) is 24.6 Å². The normalized spacial score (nSPS) is 12.4. The van der Waals surface area contributed by atoms with Gasteiger partial charge in [-0.2, -0.15) is 0 Å². The first-order chi connectivity index (χ1) is 6.83. The molecule has 1 aromatic carbocycles. The largest absolute Gasteiger partial charge is 0.463 e. The third-order valence-corrected chi connectivity index (χ3v) is 1.62. The average molecular weight is 196 g/mol. The fourth-order valence-corrected chi connectivity index (χ4v) is 1.02. The quantitative estimate of drug-likeness (QED) is 0.557. The molecule has 3 nitrogen and oxygen atoms in total. The summed E-state index contributed by atoms with van der Waals surface area (Å²) in [5.41, 5.74) is 0. The maximum absolute atomic E-state index is 9.38. The van der Waals surface area contributed by atoms with Crippen LogP contribution in [0.4, 0.5) is 0 Å². The van der Waals surface area contributed by atoms with Gasteiger partial charge >= 0.3 is 0 Å². The van der Waals surface area contributed by atoms with E-state index >= 15 is 0 Å². The Labute approximate surface area is 84.3 Å². The van der Waals surface area contributed by atoms with Crippen molar-refractivity contribution in [3.05, 3.63) is 30.3 Å². The molecule has 0 saturated carbocycles. The Morgan fingerprint density at radius 2 is 2.00 bits per heavy atom. The molecule has 0 bridgehead atoms. The lowest BCUT2D eigenvalue weighted by molar-refractivity contribution is -0.0769. The van der Waals surface area contributed by atoms with Gasteiger partial charge in [0.05, 0.1) is 0 Å². The van der Waals surface area contributed by atoms with Crippen molar-refractivity contribution in [1.82, 2.24) is 0 Å². The minimum atomic E-state index is -0.885. The molecule has 1 aromatic rings. The van der Waals surface area contributed by atoms with Crippen LogP contribution in [-0.2, 0) is 4.74 Å². The molecule has 0 spiro atoms. The predicted molar refractivity (Wildman–Crippen MR) is 54.2 cm³/mol. The second-order valence-electron chi connectivity index (χ2n) is 2.96. The SMILES string of the molecule is CCCOCC(O)Oc1ccccc1. The van der Waals surface area contributed by atoms with Crippen molar-refractivity contribution >= 4 is 0 Å². The van der Waals surface area contributed by atoms with Crippen molar-refractivity contribution in [2.45, 2.75) is 19.6 Å². The maximum atomic E-state index is 9.38. The Hall–Kier alpha value is -1.06. The lowest BCUT2D eigenvalue weighted by atomic mass is 10.3. The summed E-state index contributed by atoms with van der Waals surface area (Å²) in [5.74, 6) is 0.653. The van der Waals surface area contributed by atoms with Gasteiger partial charge in [0.25, 0.3) is 0 Å². The summed E-state index contributed by atoms with van der Waals surface area (Å²) in [6.07, 6.45) is 0.0573. The van der Waals surface area contributed by atoms with Crippen molar-refractivity contribution in [3.63, 3.8) is 0 Å². The van der Waals surface area contributed by atoms with E-state index in [1.807, 2.05) is 25.1 Å². The molecule has 0 aromatic heterocycles. The molecule has 0 amide bonds. The van der Waals surface area contributed by atoms with E-state index in [4.69, 9.17) is 9.47 Å². The molecule has 78 valence electrons. The molecule has 14 heavy (non-hydrogen) atoms. The second-order valence-corrected chi connectivity index (χ2v) is 2.96. The van der Waals surface area contributed by atoms with Gasteiger partial charge in [0, 0.05) is 6.61 Å². The average Bonchev–Trinajstić information content (AvgIpc) is 2.20. The molecule has 1 unspecified atom stereocenters. The van der Waals surface area contributed by atoms with Gasteiger partial charge in [0.15, 0.2) is 0 Å². The molecule has 0 fully saturated rings. The first-order valence-corrected chi connectivity index (χ1v) is 4.80. The molecule has 1 N–H and O–H groups in total. The van der Waals surface area contributed by atoms with E-state index < -0.39 is 6.29 Å². The summed E-state index contributed by atoms with van der Waals surface area (Å²) >= 11 is 0. The highest BCUT2D eigenvalue weighted by molar-refractivity contribution is 5.20. The third-order valence-electron chi connectivity index (χ3n) is 1.62. The van der Waals surface area contributed by atoms with Gasteiger partial charge in [-0.15, -0.1) is 0 Å². The van der Waals surface area contributed by atoms with Crippen LogP contribution in [0.2, 0.25) is 0 Å². The molecular formula is C11H16O3. The number of aliphatic hydroxyl groups excluding tert-OH is 1. The highest BCUT2D eigenvalue weighted by Crippen LogP contribution is 2.09. The molecule has 0 aliphatic heterocycles. The first-order valence-electron chi connectivity index (χ1n) is 4.80. The van der Waals surface area contributed by atoms with Crippen LogP contribution < -0.4 is 4.74 Å². The van der Waals surface area contributed by atoms with Gasteiger partial charge < -0.3 is 14.6 Å². The molecule has 3 heteroatoms. The summed E-state index contributed by atoms with van der Waals surface area (Å²) in [6, 6.07) is 9.20. The molecule has 0 aliphatic carbocycles. The monoisotopic (exact) mass is 196 g/mol. The molecule has 1 atom stereocenters. The van der Waals surface area contributed by atoms with E-state index in [-0.39, 0.29) is 6.61 Å². The van der Waals surface area contributed by atoms with Crippen LogP contribution in [0.5, 0.6) is 5.75 Å². The number of aliphatic hydroxyl groups is 1. The smallest absolute Gasteiger partial charge is 0.221 e. The van der Waals surface area contributed by atoms with Gasteiger partial charge in [-0.1, -0.05) is 25.1 Å². The zero-order valence-electron chi connectivity index (χ0n) is 8.35. The van der Waals surface area contributed by atoms with E-state index in [1.54, 1.807) is 12.1 Å². The lowest BCUT2D eigenvalue weighted by Gasteiger charge is -2.13. The van der Waals surface area contributed by atoms with Crippen LogP contribution in [0.1, 0.15) is 13.3 Å². The number of hydrogen-bond acceptors (Lipinski definition) is 3. The topological polar surface area (TPSA) is 38.7 Å². The number of hydrogen-bond donors (Lipinski definition) is 1. The summed E-state index contributed by atoms with van der Waals surface area (Å²) < 4.78 is 10.3. The molecule has 0 radical (unpaired) electrons. The fourth-order valence-electron chi connectivity index (χ4n) is 1.02. The highest BCUT2D eigenvalue weighted by Gasteiger charge is 2.04. The van der Waals surface area contributed by atoms with Crippen LogP contribution in [0.25, 0.3) is 0 Å². The summed E-state index contributed by atoms with van der Waals surface area (Å²) in [7, 11) is 0. The van der Waals surface area contributed by atoms with Gasteiger partial charge in [-0.05, 0) is 18.6 Å². The Bertz CT molecular complexity index is 236. The van der Waals surface area contributed by atoms with E-state index in [1.165, 1.54) is 0 Å².